The lowest BCUT2D eigenvalue weighted by atomic mass is 9.33. The van der Waals surface area contributed by atoms with Gasteiger partial charge < -0.3 is 5.11 Å². The van der Waals surface area contributed by atoms with Crippen molar-refractivity contribution < 1.29 is 14.7 Å². The first-order valence-electron chi connectivity index (χ1n) is 16.9. The number of aryl methyl sites for hydroxylation is 1. The Labute approximate surface area is 259 Å². The third-order valence-corrected chi connectivity index (χ3v) is 14.7. The van der Waals surface area contributed by atoms with Crippen molar-refractivity contribution in [1.29, 1.82) is 0 Å². The van der Waals surface area contributed by atoms with Crippen LogP contribution < -0.4 is 0 Å². The van der Waals surface area contributed by atoms with Crippen LogP contribution in [0.15, 0.2) is 35.4 Å². The highest BCUT2D eigenvalue weighted by atomic mass is 35.5. The monoisotopic (exact) mass is 592 g/mol. The first-order valence-corrected chi connectivity index (χ1v) is 17.2. The zero-order valence-corrected chi connectivity index (χ0v) is 27.9. The molecule has 1 aromatic carbocycles. The fourth-order valence-corrected chi connectivity index (χ4v) is 12.2. The second kappa shape index (κ2) is 10.0. The van der Waals surface area contributed by atoms with E-state index in [1.807, 2.05) is 24.3 Å². The number of carbonyl (C=O) groups is 2. The zero-order chi connectivity index (χ0) is 30.5. The molecular weight excluding hydrogens is 540 g/mol. The normalized spacial score (nSPS) is 42.6. The number of rotatable bonds is 5. The number of ketones is 2. The number of aliphatic hydroxyl groups excluding tert-OH is 1. The minimum Gasteiger partial charge on any atom is -0.393 e. The molecule has 1 N–H and O–H groups in total. The quantitative estimate of drug-likeness (QED) is 0.371. The number of fused-ring (bicyclic) bond motifs is 7. The van der Waals surface area contributed by atoms with Crippen molar-refractivity contribution in [2.24, 2.45) is 50.7 Å². The third kappa shape index (κ3) is 4.07. The molecule has 42 heavy (non-hydrogen) atoms. The van der Waals surface area contributed by atoms with Crippen molar-refractivity contribution in [2.45, 2.75) is 125 Å². The van der Waals surface area contributed by atoms with Crippen molar-refractivity contribution in [1.82, 2.24) is 0 Å². The SMILES string of the molecule is CC(C)C1=C2[C@H]3CC[C@@H]4[C@@]5(C)CC[C@H](O)C(C)(C)[C@@H]5CC[C@@]4(C)[C@]3(C)CC[C@@]2(C(=O)CCc2ccc(Cl)cc2)CC1=O. The van der Waals surface area contributed by atoms with Crippen LogP contribution in [0, 0.1) is 50.7 Å². The molecule has 4 saturated carbocycles. The number of carbonyl (C=O) groups excluding carboxylic acids is 2. The summed E-state index contributed by atoms with van der Waals surface area (Å²) in [6, 6.07) is 7.84. The van der Waals surface area contributed by atoms with E-state index in [4.69, 9.17) is 11.6 Å². The fourth-order valence-electron chi connectivity index (χ4n) is 12.1. The lowest BCUT2D eigenvalue weighted by Crippen LogP contribution is -2.65. The Kier molecular flexibility index (Phi) is 7.30. The molecule has 0 aromatic heterocycles. The predicted octanol–water partition coefficient (Wildman–Crippen LogP) is 9.18. The average Bonchev–Trinajstić information content (AvgIpc) is 3.24. The van der Waals surface area contributed by atoms with Crippen LogP contribution >= 0.6 is 11.6 Å². The highest BCUT2D eigenvalue weighted by Gasteiger charge is 2.70. The van der Waals surface area contributed by atoms with E-state index in [9.17, 15) is 14.7 Å². The maximum Gasteiger partial charge on any atom is 0.160 e. The van der Waals surface area contributed by atoms with E-state index in [-0.39, 0.29) is 51.2 Å². The summed E-state index contributed by atoms with van der Waals surface area (Å²) in [5.74, 6) is 2.07. The van der Waals surface area contributed by atoms with Gasteiger partial charge in [0.25, 0.3) is 0 Å². The highest BCUT2D eigenvalue weighted by molar-refractivity contribution is 6.30. The van der Waals surface area contributed by atoms with Gasteiger partial charge in [-0.1, -0.05) is 72.2 Å². The molecule has 0 unspecified atom stereocenters. The molecule has 6 rings (SSSR count). The number of hydrogen-bond donors (Lipinski definition) is 1. The van der Waals surface area contributed by atoms with Crippen LogP contribution in [-0.4, -0.2) is 22.8 Å². The van der Waals surface area contributed by atoms with Crippen LogP contribution in [-0.2, 0) is 16.0 Å². The Balaban J connectivity index is 1.37. The lowest BCUT2D eigenvalue weighted by Gasteiger charge is -2.72. The van der Waals surface area contributed by atoms with Gasteiger partial charge in [-0.05, 0) is 132 Å². The van der Waals surface area contributed by atoms with Crippen LogP contribution in [0.3, 0.4) is 0 Å². The molecule has 0 heterocycles. The van der Waals surface area contributed by atoms with Gasteiger partial charge in [0.05, 0.1) is 11.5 Å². The fraction of sp³-hybridized carbons (Fsp3) is 0.737. The Bertz CT molecular complexity index is 1310. The van der Waals surface area contributed by atoms with Crippen LogP contribution in [0.4, 0.5) is 0 Å². The molecule has 3 nitrogen and oxygen atoms in total. The maximum absolute atomic E-state index is 14.4. The van der Waals surface area contributed by atoms with E-state index in [1.165, 1.54) is 12.0 Å². The second-order valence-corrected chi connectivity index (χ2v) is 17.1. The molecule has 0 saturated heterocycles. The number of halogens is 1. The first kappa shape index (κ1) is 30.6. The van der Waals surface area contributed by atoms with Crippen molar-refractivity contribution in [2.75, 3.05) is 0 Å². The van der Waals surface area contributed by atoms with Gasteiger partial charge in [-0.15, -0.1) is 0 Å². The van der Waals surface area contributed by atoms with Gasteiger partial charge in [0.2, 0.25) is 0 Å². The molecule has 5 aliphatic rings. The summed E-state index contributed by atoms with van der Waals surface area (Å²) in [5.41, 5.74) is 3.14. The standard InChI is InChI=1S/C38H53ClO3/c1-23(2)32-27(40)22-38(31(42)15-10-24-8-11-25(39)12-9-24)21-20-36(6)26(33(32)38)13-14-29-35(5)18-17-30(41)34(3,4)28(35)16-19-37(29,36)7/h8-9,11-12,23,26,28-30,41H,10,13-22H2,1-7H3/t26-,28+,29-,30+,35+,36-,37-,38+/m1/s1. The van der Waals surface area contributed by atoms with Gasteiger partial charge in [0.1, 0.15) is 5.78 Å². The van der Waals surface area contributed by atoms with Crippen LogP contribution in [0.5, 0.6) is 0 Å². The Morgan fingerprint density at radius 1 is 0.905 bits per heavy atom. The number of Topliss-reactive ketones (excluding diaryl/α,β-unsaturated/α-hetero) is 2. The van der Waals surface area contributed by atoms with Gasteiger partial charge in [-0.3, -0.25) is 9.59 Å². The summed E-state index contributed by atoms with van der Waals surface area (Å²) in [4.78, 5) is 28.2. The van der Waals surface area contributed by atoms with E-state index >= 15 is 0 Å². The van der Waals surface area contributed by atoms with Gasteiger partial charge in [-0.25, -0.2) is 0 Å². The minimum absolute atomic E-state index is 0.0597. The maximum atomic E-state index is 14.4. The number of benzene rings is 1. The number of aliphatic hydroxyl groups is 1. The van der Waals surface area contributed by atoms with Crippen molar-refractivity contribution in [3.8, 4) is 0 Å². The molecule has 0 bridgehead atoms. The van der Waals surface area contributed by atoms with Gasteiger partial charge in [0, 0.05) is 17.9 Å². The van der Waals surface area contributed by atoms with Crippen molar-refractivity contribution in [3.63, 3.8) is 0 Å². The molecule has 230 valence electrons. The van der Waals surface area contributed by atoms with Crippen molar-refractivity contribution in [3.05, 3.63) is 46.0 Å². The Hall–Kier alpha value is -1.45. The van der Waals surface area contributed by atoms with E-state index in [2.05, 4.69) is 48.5 Å². The second-order valence-electron chi connectivity index (χ2n) is 16.7. The molecular formula is C38H53ClO3. The first-order chi connectivity index (χ1) is 19.6. The van der Waals surface area contributed by atoms with E-state index in [0.29, 0.717) is 36.1 Å². The van der Waals surface area contributed by atoms with Gasteiger partial charge in [-0.2, -0.15) is 0 Å². The Morgan fingerprint density at radius 2 is 1.60 bits per heavy atom. The van der Waals surface area contributed by atoms with Crippen molar-refractivity contribution >= 4 is 23.2 Å². The summed E-state index contributed by atoms with van der Waals surface area (Å²) in [7, 11) is 0. The molecule has 1 aromatic rings. The van der Waals surface area contributed by atoms with E-state index in [0.717, 1.165) is 56.1 Å². The molecule has 5 aliphatic carbocycles. The van der Waals surface area contributed by atoms with Gasteiger partial charge >= 0.3 is 0 Å². The summed E-state index contributed by atoms with van der Waals surface area (Å²) in [6.07, 6.45) is 9.75. The number of hydrogen-bond acceptors (Lipinski definition) is 3. The molecule has 0 aliphatic heterocycles. The highest BCUT2D eigenvalue weighted by Crippen LogP contribution is 2.76. The summed E-state index contributed by atoms with van der Waals surface area (Å²) >= 11 is 6.11. The topological polar surface area (TPSA) is 54.4 Å². The Morgan fingerprint density at radius 3 is 2.26 bits per heavy atom. The molecule has 0 radical (unpaired) electrons. The largest absolute Gasteiger partial charge is 0.393 e. The van der Waals surface area contributed by atoms with Gasteiger partial charge in [0.15, 0.2) is 5.78 Å². The van der Waals surface area contributed by atoms with E-state index in [1.54, 1.807) is 0 Å². The zero-order valence-electron chi connectivity index (χ0n) is 27.1. The molecule has 4 heteroatoms. The van der Waals surface area contributed by atoms with E-state index < -0.39 is 5.41 Å². The van der Waals surface area contributed by atoms with Crippen LogP contribution in [0.25, 0.3) is 0 Å². The summed E-state index contributed by atoms with van der Waals surface area (Å²) < 4.78 is 0. The molecule has 8 atom stereocenters. The minimum atomic E-state index is -0.617. The molecule has 0 spiro atoms. The third-order valence-electron chi connectivity index (χ3n) is 14.5. The number of allylic oxidation sites excluding steroid dienone is 2. The summed E-state index contributed by atoms with van der Waals surface area (Å²) in [5, 5.41) is 11.7. The lowest BCUT2D eigenvalue weighted by molar-refractivity contribution is -0.228. The average molecular weight is 593 g/mol. The predicted molar refractivity (Wildman–Crippen MR) is 170 cm³/mol. The van der Waals surface area contributed by atoms with Crippen LogP contribution in [0.1, 0.15) is 118 Å². The molecule has 0 amide bonds. The smallest absolute Gasteiger partial charge is 0.160 e. The summed E-state index contributed by atoms with van der Waals surface area (Å²) in [6.45, 7) is 16.6. The molecule has 4 fully saturated rings. The van der Waals surface area contributed by atoms with Crippen LogP contribution in [0.2, 0.25) is 5.02 Å².